The summed E-state index contributed by atoms with van der Waals surface area (Å²) in [5, 5.41) is 11.7. The van der Waals surface area contributed by atoms with Gasteiger partial charge in [-0.2, -0.15) is 5.26 Å². The molecule has 0 atom stereocenters. The molecule has 0 spiro atoms. The lowest BCUT2D eigenvalue weighted by atomic mass is 10.1. The Morgan fingerprint density at radius 1 is 1.19 bits per heavy atom. The van der Waals surface area contributed by atoms with Gasteiger partial charge in [-0.25, -0.2) is 0 Å². The molecular formula is C17H16N2O2. The number of carbonyl (C=O) groups excluding carboxylic acids is 1. The summed E-state index contributed by atoms with van der Waals surface area (Å²) in [7, 11) is 1.65. The number of hydrogen-bond acceptors (Lipinski definition) is 3. The van der Waals surface area contributed by atoms with Gasteiger partial charge >= 0.3 is 0 Å². The number of ether oxygens (including phenoxy) is 1. The molecule has 0 heterocycles. The number of methoxy groups -OCH3 is 1. The first kappa shape index (κ1) is 14.8. The number of nitrogens with zero attached hydrogens (tertiary/aromatic N) is 1. The second-order valence-corrected chi connectivity index (χ2v) is 4.63. The maximum Gasteiger partial charge on any atom is 0.251 e. The molecule has 0 aliphatic carbocycles. The van der Waals surface area contributed by atoms with Gasteiger partial charge in [-0.3, -0.25) is 4.79 Å². The Hall–Kier alpha value is -2.64. The van der Waals surface area contributed by atoms with Crippen molar-refractivity contribution in [2.24, 2.45) is 0 Å². The first-order valence-electron chi connectivity index (χ1n) is 6.58. The molecule has 21 heavy (non-hydrogen) atoms. The SMILES string of the molecule is COCc1cccc(CNC(=O)c2cccc(C#N)c2)c1. The average molecular weight is 280 g/mol. The third-order valence-corrected chi connectivity index (χ3v) is 3.01. The van der Waals surface area contributed by atoms with E-state index in [1.807, 2.05) is 30.3 Å². The normalized spacial score (nSPS) is 9.90. The van der Waals surface area contributed by atoms with Crippen LogP contribution in [0.3, 0.4) is 0 Å². The molecule has 4 nitrogen and oxygen atoms in total. The highest BCUT2D eigenvalue weighted by Crippen LogP contribution is 2.08. The molecule has 0 saturated heterocycles. The van der Waals surface area contributed by atoms with Gasteiger partial charge in [-0.1, -0.05) is 30.3 Å². The molecule has 0 aromatic heterocycles. The Morgan fingerprint density at radius 2 is 1.95 bits per heavy atom. The highest BCUT2D eigenvalue weighted by atomic mass is 16.5. The van der Waals surface area contributed by atoms with E-state index in [0.29, 0.717) is 24.3 Å². The standard InChI is InChI=1S/C17H16N2O2/c1-21-12-15-6-2-5-14(8-15)11-19-17(20)16-7-3-4-13(9-16)10-18/h2-9H,11-12H2,1H3,(H,19,20). The minimum atomic E-state index is -0.191. The molecule has 0 aliphatic heterocycles. The van der Waals surface area contributed by atoms with E-state index < -0.39 is 0 Å². The first-order chi connectivity index (χ1) is 10.2. The van der Waals surface area contributed by atoms with Crippen molar-refractivity contribution in [3.05, 3.63) is 70.8 Å². The zero-order chi connectivity index (χ0) is 15.1. The molecule has 1 amide bonds. The zero-order valence-electron chi connectivity index (χ0n) is 11.8. The summed E-state index contributed by atoms with van der Waals surface area (Å²) < 4.78 is 5.09. The van der Waals surface area contributed by atoms with Crippen molar-refractivity contribution in [1.82, 2.24) is 5.32 Å². The molecular weight excluding hydrogens is 264 g/mol. The largest absolute Gasteiger partial charge is 0.380 e. The lowest BCUT2D eigenvalue weighted by molar-refractivity contribution is 0.0951. The number of rotatable bonds is 5. The molecule has 0 fully saturated rings. The van der Waals surface area contributed by atoms with Crippen LogP contribution in [0.15, 0.2) is 48.5 Å². The molecule has 0 saturated carbocycles. The Bertz CT molecular complexity index is 674. The molecule has 2 aromatic carbocycles. The quantitative estimate of drug-likeness (QED) is 0.915. The second kappa shape index (κ2) is 7.22. The van der Waals surface area contributed by atoms with Gasteiger partial charge in [0.05, 0.1) is 18.2 Å². The van der Waals surface area contributed by atoms with Gasteiger partial charge in [-0.15, -0.1) is 0 Å². The number of hydrogen-bond donors (Lipinski definition) is 1. The molecule has 2 rings (SSSR count). The first-order valence-corrected chi connectivity index (χ1v) is 6.58. The second-order valence-electron chi connectivity index (χ2n) is 4.63. The number of nitriles is 1. The number of benzene rings is 2. The lowest BCUT2D eigenvalue weighted by Crippen LogP contribution is -2.22. The van der Waals surface area contributed by atoms with Crippen LogP contribution >= 0.6 is 0 Å². The van der Waals surface area contributed by atoms with Crippen molar-refractivity contribution in [1.29, 1.82) is 5.26 Å². The smallest absolute Gasteiger partial charge is 0.251 e. The van der Waals surface area contributed by atoms with Crippen molar-refractivity contribution in [3.63, 3.8) is 0 Å². The van der Waals surface area contributed by atoms with Crippen LogP contribution in [0.25, 0.3) is 0 Å². The van der Waals surface area contributed by atoms with Crippen molar-refractivity contribution < 1.29 is 9.53 Å². The van der Waals surface area contributed by atoms with Gasteiger partial charge in [0.15, 0.2) is 0 Å². The summed E-state index contributed by atoms with van der Waals surface area (Å²) >= 11 is 0. The number of amides is 1. The van der Waals surface area contributed by atoms with Gasteiger partial charge in [0.25, 0.3) is 5.91 Å². The van der Waals surface area contributed by atoms with Crippen LogP contribution in [0, 0.1) is 11.3 Å². The molecule has 2 aromatic rings. The van der Waals surface area contributed by atoms with E-state index in [1.165, 1.54) is 0 Å². The summed E-state index contributed by atoms with van der Waals surface area (Å²) in [6, 6.07) is 16.5. The minimum absolute atomic E-state index is 0.191. The third kappa shape index (κ3) is 4.16. The van der Waals surface area contributed by atoms with Gasteiger partial charge in [0, 0.05) is 19.2 Å². The molecule has 0 bridgehead atoms. The zero-order valence-corrected chi connectivity index (χ0v) is 11.8. The van der Waals surface area contributed by atoms with Crippen molar-refractivity contribution in [2.45, 2.75) is 13.2 Å². The molecule has 1 N–H and O–H groups in total. The summed E-state index contributed by atoms with van der Waals surface area (Å²) in [4.78, 5) is 12.1. The number of carbonyl (C=O) groups is 1. The summed E-state index contributed by atoms with van der Waals surface area (Å²) in [5.74, 6) is -0.191. The fourth-order valence-corrected chi connectivity index (χ4v) is 2.01. The molecule has 106 valence electrons. The van der Waals surface area contributed by atoms with E-state index >= 15 is 0 Å². The van der Waals surface area contributed by atoms with E-state index in [1.54, 1.807) is 31.4 Å². The van der Waals surface area contributed by atoms with Gasteiger partial charge < -0.3 is 10.1 Å². The van der Waals surface area contributed by atoms with Gasteiger partial charge in [0.2, 0.25) is 0 Å². The van der Waals surface area contributed by atoms with Crippen LogP contribution < -0.4 is 5.32 Å². The average Bonchev–Trinajstić information content (AvgIpc) is 2.53. The Balaban J connectivity index is 2.00. The highest BCUT2D eigenvalue weighted by Gasteiger charge is 2.06. The highest BCUT2D eigenvalue weighted by molar-refractivity contribution is 5.94. The van der Waals surface area contributed by atoms with Crippen LogP contribution in [-0.2, 0) is 17.9 Å². The summed E-state index contributed by atoms with van der Waals surface area (Å²) in [6.45, 7) is 0.985. The van der Waals surface area contributed by atoms with Crippen LogP contribution in [0.5, 0.6) is 0 Å². The van der Waals surface area contributed by atoms with Crippen LogP contribution in [0.4, 0.5) is 0 Å². The third-order valence-electron chi connectivity index (χ3n) is 3.01. The summed E-state index contributed by atoms with van der Waals surface area (Å²) in [5.41, 5.74) is 3.04. The Kier molecular flexibility index (Phi) is 5.08. The topological polar surface area (TPSA) is 62.1 Å². The van der Waals surface area contributed by atoms with Crippen molar-refractivity contribution in [3.8, 4) is 6.07 Å². The van der Waals surface area contributed by atoms with E-state index in [-0.39, 0.29) is 5.91 Å². The fraction of sp³-hybridized carbons (Fsp3) is 0.176. The fourth-order valence-electron chi connectivity index (χ4n) is 2.01. The van der Waals surface area contributed by atoms with Gasteiger partial charge in [0.1, 0.15) is 0 Å². The van der Waals surface area contributed by atoms with E-state index in [0.717, 1.165) is 11.1 Å². The van der Waals surface area contributed by atoms with E-state index in [9.17, 15) is 4.79 Å². The maximum atomic E-state index is 12.1. The monoisotopic (exact) mass is 280 g/mol. The van der Waals surface area contributed by atoms with Crippen LogP contribution in [-0.4, -0.2) is 13.0 Å². The van der Waals surface area contributed by atoms with Crippen molar-refractivity contribution in [2.75, 3.05) is 7.11 Å². The molecule has 0 aliphatic rings. The minimum Gasteiger partial charge on any atom is -0.380 e. The lowest BCUT2D eigenvalue weighted by Gasteiger charge is -2.07. The van der Waals surface area contributed by atoms with Crippen LogP contribution in [0.1, 0.15) is 27.0 Å². The number of nitrogens with one attached hydrogen (secondary N) is 1. The van der Waals surface area contributed by atoms with Gasteiger partial charge in [-0.05, 0) is 29.3 Å². The predicted octanol–water partition coefficient (Wildman–Crippen LogP) is 2.63. The molecule has 0 radical (unpaired) electrons. The maximum absolute atomic E-state index is 12.1. The van der Waals surface area contributed by atoms with Crippen LogP contribution in [0.2, 0.25) is 0 Å². The van der Waals surface area contributed by atoms with E-state index in [4.69, 9.17) is 10.00 Å². The molecule has 4 heteroatoms. The van der Waals surface area contributed by atoms with Crippen molar-refractivity contribution >= 4 is 5.91 Å². The predicted molar refractivity (Wildman–Crippen MR) is 79.5 cm³/mol. The Morgan fingerprint density at radius 3 is 2.71 bits per heavy atom. The molecule has 0 unspecified atom stereocenters. The summed E-state index contributed by atoms with van der Waals surface area (Å²) in [6.07, 6.45) is 0. The Labute approximate surface area is 124 Å². The van der Waals surface area contributed by atoms with E-state index in [2.05, 4.69) is 5.32 Å².